The third kappa shape index (κ3) is 3.93. The maximum absolute atomic E-state index is 12.3. The lowest BCUT2D eigenvalue weighted by Gasteiger charge is -2.02. The normalized spacial score (nSPS) is 9.91. The lowest BCUT2D eigenvalue weighted by Crippen LogP contribution is -2.20. The average Bonchev–Trinajstić information content (AvgIpc) is 2.57. The van der Waals surface area contributed by atoms with Crippen LogP contribution in [0.1, 0.15) is 23.7 Å². The molecule has 0 fully saturated rings. The van der Waals surface area contributed by atoms with Gasteiger partial charge in [-0.05, 0) is 5.46 Å². The van der Waals surface area contributed by atoms with Gasteiger partial charge in [0, 0.05) is 12.0 Å². The summed E-state index contributed by atoms with van der Waals surface area (Å²) in [4.78, 5) is 11.0. The van der Waals surface area contributed by atoms with Crippen LogP contribution in [0.25, 0.3) is 0 Å². The third-order valence-corrected chi connectivity index (χ3v) is 2.66. The molecule has 114 valence electrons. The van der Waals surface area contributed by atoms with Crippen molar-refractivity contribution in [2.45, 2.75) is 13.3 Å². The van der Waals surface area contributed by atoms with Crippen molar-refractivity contribution in [3.8, 4) is 0 Å². The molecule has 0 amide bonds. The van der Waals surface area contributed by atoms with Crippen molar-refractivity contribution < 1.29 is 26.7 Å². The largest absolute Gasteiger partial charge is 0.294 e. The fourth-order valence-corrected chi connectivity index (χ4v) is 1.45. The first-order valence-electron chi connectivity index (χ1n) is 6.16. The Labute approximate surface area is 125 Å². The first-order valence-corrected chi connectivity index (χ1v) is 6.16. The summed E-state index contributed by atoms with van der Waals surface area (Å²) in [6.07, 6.45) is 0.587. The quantitative estimate of drug-likeness (QED) is 0.273. The molecule has 2 aromatic rings. The monoisotopic (exact) mass is 312 g/mol. The predicted molar refractivity (Wildman–Crippen MR) is 72.7 cm³/mol. The molecule has 22 heavy (non-hydrogen) atoms. The number of hydrogen-bond acceptors (Lipinski definition) is 1. The van der Waals surface area contributed by atoms with Gasteiger partial charge in [-0.15, -0.1) is 0 Å². The Kier molecular flexibility index (Phi) is 6.28. The number of halogens is 5. The highest BCUT2D eigenvalue weighted by Crippen LogP contribution is 2.14. The summed E-state index contributed by atoms with van der Waals surface area (Å²) in [7, 11) is 4.56. The molecule has 1 nitrogen and oxygen atoms in total. The molecule has 0 aliphatic rings. The predicted octanol–water partition coefficient (Wildman–Crippen LogP) is 3.46. The van der Waals surface area contributed by atoms with E-state index in [1.807, 2.05) is 37.3 Å². The second-order valence-electron chi connectivity index (χ2n) is 4.13. The Bertz CT molecular complexity index is 568. The molecule has 0 aliphatic carbocycles. The van der Waals surface area contributed by atoms with Gasteiger partial charge in [-0.1, -0.05) is 37.3 Å². The number of carbonyl (C=O) groups excluding carboxylic acids is 1. The lowest BCUT2D eigenvalue weighted by molar-refractivity contribution is 0.0988. The van der Waals surface area contributed by atoms with E-state index in [0.29, 0.717) is 6.42 Å². The van der Waals surface area contributed by atoms with Crippen molar-refractivity contribution in [3.63, 3.8) is 0 Å². The number of hydrogen-bond donors (Lipinski definition) is 0. The minimum Gasteiger partial charge on any atom is -0.294 e. The van der Waals surface area contributed by atoms with Crippen molar-refractivity contribution in [1.29, 1.82) is 0 Å². The van der Waals surface area contributed by atoms with Gasteiger partial charge >= 0.3 is 0 Å². The maximum atomic E-state index is 12.3. The molecular formula is C15H10BF5O. The van der Waals surface area contributed by atoms with Crippen LogP contribution in [0.2, 0.25) is 0 Å². The molecule has 2 radical (unpaired) electrons. The average molecular weight is 312 g/mol. The van der Waals surface area contributed by atoms with E-state index in [-0.39, 0.29) is 5.78 Å². The van der Waals surface area contributed by atoms with Crippen LogP contribution in [0.4, 0.5) is 22.0 Å². The summed E-state index contributed by atoms with van der Waals surface area (Å²) in [5.41, 5.74) is -0.559. The minimum atomic E-state index is -2.21. The molecule has 0 heterocycles. The van der Waals surface area contributed by atoms with Gasteiger partial charge in [0.1, 0.15) is 7.85 Å². The smallest absolute Gasteiger partial charge is 0.200 e. The third-order valence-electron chi connectivity index (χ3n) is 2.66. The van der Waals surface area contributed by atoms with Crippen LogP contribution in [0.5, 0.6) is 0 Å². The fourth-order valence-electron chi connectivity index (χ4n) is 1.45. The fraction of sp³-hybridized carbons (Fsp3) is 0.133. The second-order valence-corrected chi connectivity index (χ2v) is 4.13. The van der Waals surface area contributed by atoms with Crippen molar-refractivity contribution in [3.05, 3.63) is 65.0 Å². The standard InChI is InChI=1S/C9H10O.C6BF5/c1-2-9(10)8-6-4-3-5-7-8;7-1-2(8)4(10)6(12)5(11)3(1)9/h3-7H,2H2,1H3;. The van der Waals surface area contributed by atoms with E-state index < -0.39 is 34.5 Å². The zero-order valence-electron chi connectivity index (χ0n) is 11.5. The summed E-state index contributed by atoms with van der Waals surface area (Å²) < 4.78 is 61.1. The summed E-state index contributed by atoms with van der Waals surface area (Å²) in [6.45, 7) is 1.87. The van der Waals surface area contributed by atoms with E-state index in [4.69, 9.17) is 0 Å². The minimum absolute atomic E-state index is 0.209. The van der Waals surface area contributed by atoms with Gasteiger partial charge in [-0.25, -0.2) is 22.0 Å². The van der Waals surface area contributed by atoms with Crippen molar-refractivity contribution in [1.82, 2.24) is 0 Å². The molecular weight excluding hydrogens is 302 g/mol. The molecule has 0 aliphatic heterocycles. The van der Waals surface area contributed by atoms with E-state index >= 15 is 0 Å². The first kappa shape index (κ1) is 17.9. The zero-order valence-corrected chi connectivity index (χ0v) is 11.5. The summed E-state index contributed by atoms with van der Waals surface area (Å²) >= 11 is 0. The van der Waals surface area contributed by atoms with Crippen molar-refractivity contribution >= 4 is 19.1 Å². The molecule has 0 saturated carbocycles. The molecule has 2 rings (SSSR count). The molecule has 0 N–H and O–H groups in total. The Morgan fingerprint density at radius 3 is 1.68 bits per heavy atom. The highest BCUT2D eigenvalue weighted by molar-refractivity contribution is 6.32. The van der Waals surface area contributed by atoms with Crippen LogP contribution in [-0.2, 0) is 0 Å². The van der Waals surface area contributed by atoms with Crippen LogP contribution < -0.4 is 5.46 Å². The number of ketones is 1. The van der Waals surface area contributed by atoms with Crippen LogP contribution in [-0.4, -0.2) is 13.6 Å². The lowest BCUT2D eigenvalue weighted by atomic mass is 9.94. The molecule has 0 unspecified atom stereocenters. The SMILES string of the molecule is CCC(=O)c1ccccc1.[B]c1c(F)c(F)c(F)c(F)c1F. The number of Topliss-reactive ketones (excluding diaryl/α,β-unsaturated/α-hetero) is 1. The van der Waals surface area contributed by atoms with E-state index in [9.17, 15) is 26.7 Å². The number of benzene rings is 2. The van der Waals surface area contributed by atoms with Crippen molar-refractivity contribution in [2.24, 2.45) is 0 Å². The maximum Gasteiger partial charge on any atom is 0.200 e. The topological polar surface area (TPSA) is 17.1 Å². The highest BCUT2D eigenvalue weighted by atomic mass is 19.2. The van der Waals surface area contributed by atoms with Crippen LogP contribution in [0.3, 0.4) is 0 Å². The first-order chi connectivity index (χ1) is 10.3. The Morgan fingerprint density at radius 1 is 0.864 bits per heavy atom. The Balaban J connectivity index is 0.000000224. The van der Waals surface area contributed by atoms with Gasteiger partial charge in [-0.2, -0.15) is 0 Å². The molecule has 0 atom stereocenters. The van der Waals surface area contributed by atoms with Gasteiger partial charge in [0.15, 0.2) is 34.9 Å². The van der Waals surface area contributed by atoms with Gasteiger partial charge in [-0.3, -0.25) is 4.79 Å². The van der Waals surface area contributed by atoms with E-state index in [1.54, 1.807) is 0 Å². The van der Waals surface area contributed by atoms with Gasteiger partial charge < -0.3 is 0 Å². The molecule has 0 bridgehead atoms. The number of rotatable bonds is 2. The van der Waals surface area contributed by atoms with Crippen LogP contribution in [0, 0.1) is 29.1 Å². The Hall–Kier alpha value is -2.18. The molecule has 2 aromatic carbocycles. The second kappa shape index (κ2) is 7.73. The van der Waals surface area contributed by atoms with Crippen LogP contribution >= 0.6 is 0 Å². The number of carbonyl (C=O) groups is 1. The van der Waals surface area contributed by atoms with E-state index in [2.05, 4.69) is 7.85 Å². The summed E-state index contributed by atoms with van der Waals surface area (Å²) in [5.74, 6) is -10.1. The summed E-state index contributed by atoms with van der Waals surface area (Å²) in [5, 5.41) is 0. The molecule has 7 heteroatoms. The van der Waals surface area contributed by atoms with E-state index in [0.717, 1.165) is 5.56 Å². The van der Waals surface area contributed by atoms with Gasteiger partial charge in [0.25, 0.3) is 0 Å². The highest BCUT2D eigenvalue weighted by Gasteiger charge is 2.22. The van der Waals surface area contributed by atoms with Gasteiger partial charge in [0.05, 0.1) is 0 Å². The Morgan fingerprint density at radius 2 is 1.27 bits per heavy atom. The molecule has 0 aromatic heterocycles. The molecule has 0 spiro atoms. The van der Waals surface area contributed by atoms with Gasteiger partial charge in [0.2, 0.25) is 0 Å². The van der Waals surface area contributed by atoms with Crippen molar-refractivity contribution in [2.75, 3.05) is 0 Å². The summed E-state index contributed by atoms with van der Waals surface area (Å²) in [6, 6.07) is 9.34. The molecule has 0 saturated heterocycles. The zero-order chi connectivity index (χ0) is 16.9. The van der Waals surface area contributed by atoms with E-state index in [1.165, 1.54) is 0 Å². The van der Waals surface area contributed by atoms with Crippen LogP contribution in [0.15, 0.2) is 30.3 Å².